The highest BCUT2D eigenvalue weighted by Gasteiger charge is 2.35. The molecular weight excluding hydrogens is 250 g/mol. The number of fused-ring (bicyclic) bond motifs is 1. The summed E-state index contributed by atoms with van der Waals surface area (Å²) in [6.07, 6.45) is 0. The summed E-state index contributed by atoms with van der Waals surface area (Å²) in [5.41, 5.74) is -0.0162. The first kappa shape index (κ1) is 13.1. The second-order valence-electron chi connectivity index (χ2n) is 5.49. The Labute approximate surface area is 108 Å². The van der Waals surface area contributed by atoms with Crippen LogP contribution in [0.2, 0.25) is 0 Å². The average Bonchev–Trinajstić information content (AvgIpc) is 2.27. The molecule has 1 amide bonds. The summed E-state index contributed by atoms with van der Waals surface area (Å²) in [6.45, 7) is 5.73. The molecular formula is C13H17NO3S. The highest BCUT2D eigenvalue weighted by molar-refractivity contribution is 7.91. The summed E-state index contributed by atoms with van der Waals surface area (Å²) in [4.78, 5) is 14.2. The van der Waals surface area contributed by atoms with Crippen molar-refractivity contribution in [3.63, 3.8) is 0 Å². The topological polar surface area (TPSA) is 54.5 Å². The molecule has 1 aromatic rings. The van der Waals surface area contributed by atoms with Gasteiger partial charge in [-0.15, -0.1) is 0 Å². The van der Waals surface area contributed by atoms with Crippen molar-refractivity contribution in [3.8, 4) is 0 Å². The third-order valence-electron chi connectivity index (χ3n) is 2.96. The lowest BCUT2D eigenvalue weighted by Gasteiger charge is -2.33. The van der Waals surface area contributed by atoms with Gasteiger partial charge in [0.1, 0.15) is 0 Å². The van der Waals surface area contributed by atoms with Crippen LogP contribution in [0.3, 0.4) is 0 Å². The van der Waals surface area contributed by atoms with Crippen LogP contribution in [0.1, 0.15) is 20.8 Å². The van der Waals surface area contributed by atoms with E-state index in [1.807, 2.05) is 20.8 Å². The minimum atomic E-state index is -3.25. The normalized spacial score (nSPS) is 18.3. The molecule has 4 nitrogen and oxygen atoms in total. The summed E-state index contributed by atoms with van der Waals surface area (Å²) in [5, 5.41) is 0. The highest BCUT2D eigenvalue weighted by Crippen LogP contribution is 2.33. The van der Waals surface area contributed by atoms with Gasteiger partial charge in [0.05, 0.1) is 16.3 Å². The zero-order valence-electron chi connectivity index (χ0n) is 10.8. The Morgan fingerprint density at radius 3 is 2.44 bits per heavy atom. The maximum atomic E-state index is 12.3. The van der Waals surface area contributed by atoms with Gasteiger partial charge < -0.3 is 4.90 Å². The molecule has 1 aromatic carbocycles. The van der Waals surface area contributed by atoms with E-state index in [2.05, 4.69) is 0 Å². The van der Waals surface area contributed by atoms with E-state index < -0.39 is 15.3 Å². The summed E-state index contributed by atoms with van der Waals surface area (Å²) in [7, 11) is -3.25. The molecule has 0 radical (unpaired) electrons. The van der Waals surface area contributed by atoms with Crippen molar-refractivity contribution in [2.45, 2.75) is 25.7 Å². The third kappa shape index (κ3) is 2.14. The van der Waals surface area contributed by atoms with E-state index in [1.54, 1.807) is 29.2 Å². The van der Waals surface area contributed by atoms with Gasteiger partial charge in [0.25, 0.3) is 0 Å². The fourth-order valence-electron chi connectivity index (χ4n) is 2.00. The number of hydrogen-bond acceptors (Lipinski definition) is 3. The van der Waals surface area contributed by atoms with Crippen molar-refractivity contribution in [2.75, 3.05) is 17.2 Å². The van der Waals surface area contributed by atoms with Crippen LogP contribution in [0.15, 0.2) is 29.2 Å². The molecule has 1 aliphatic heterocycles. The molecule has 0 saturated heterocycles. The monoisotopic (exact) mass is 267 g/mol. The molecule has 1 heterocycles. The number of hydrogen-bond donors (Lipinski definition) is 0. The Hall–Kier alpha value is -1.36. The van der Waals surface area contributed by atoms with E-state index >= 15 is 0 Å². The number of anilines is 1. The fourth-order valence-corrected chi connectivity index (χ4v) is 3.43. The number of sulfone groups is 1. The van der Waals surface area contributed by atoms with E-state index in [-0.39, 0.29) is 23.1 Å². The van der Waals surface area contributed by atoms with Gasteiger partial charge in [0.2, 0.25) is 5.91 Å². The van der Waals surface area contributed by atoms with Crippen molar-refractivity contribution in [1.82, 2.24) is 0 Å². The third-order valence-corrected chi connectivity index (χ3v) is 4.70. The van der Waals surface area contributed by atoms with Crippen LogP contribution in [0.4, 0.5) is 5.69 Å². The van der Waals surface area contributed by atoms with Gasteiger partial charge in [-0.25, -0.2) is 8.42 Å². The van der Waals surface area contributed by atoms with Gasteiger partial charge in [-0.1, -0.05) is 32.9 Å². The van der Waals surface area contributed by atoms with Crippen LogP contribution in [-0.4, -0.2) is 26.6 Å². The number of amides is 1. The fraction of sp³-hybridized carbons (Fsp3) is 0.462. The Bertz CT molecular complexity index is 584. The maximum absolute atomic E-state index is 12.3. The van der Waals surface area contributed by atoms with Crippen LogP contribution in [0.25, 0.3) is 0 Å². The van der Waals surface area contributed by atoms with Crippen LogP contribution < -0.4 is 4.90 Å². The van der Waals surface area contributed by atoms with E-state index in [1.165, 1.54) is 0 Å². The number of carbonyl (C=O) groups excluding carboxylic acids is 1. The molecule has 5 heteroatoms. The van der Waals surface area contributed by atoms with Crippen molar-refractivity contribution in [1.29, 1.82) is 0 Å². The minimum absolute atomic E-state index is 0.00810. The van der Waals surface area contributed by atoms with E-state index in [0.717, 1.165) is 0 Å². The number of rotatable bonds is 0. The molecule has 18 heavy (non-hydrogen) atoms. The standard InChI is InChI=1S/C13H17NO3S/c1-13(2,3)12(15)14-8-9-18(16,17)11-7-5-4-6-10(11)14/h4-7H,8-9H2,1-3H3. The first-order valence-electron chi connectivity index (χ1n) is 5.87. The average molecular weight is 267 g/mol. The number of para-hydroxylation sites is 1. The molecule has 0 aromatic heterocycles. The van der Waals surface area contributed by atoms with Crippen LogP contribution in [0, 0.1) is 5.41 Å². The van der Waals surface area contributed by atoms with Gasteiger partial charge in [-0.2, -0.15) is 0 Å². The number of carbonyl (C=O) groups is 1. The molecule has 0 spiro atoms. The van der Waals surface area contributed by atoms with Gasteiger partial charge in [-0.3, -0.25) is 4.79 Å². The maximum Gasteiger partial charge on any atom is 0.232 e. The van der Waals surface area contributed by atoms with E-state index in [4.69, 9.17) is 0 Å². The SMILES string of the molecule is CC(C)(C)C(=O)N1CCS(=O)(=O)c2ccccc21. The Morgan fingerprint density at radius 2 is 1.83 bits per heavy atom. The zero-order valence-corrected chi connectivity index (χ0v) is 11.6. The van der Waals surface area contributed by atoms with Crippen molar-refractivity contribution < 1.29 is 13.2 Å². The van der Waals surface area contributed by atoms with Crippen molar-refractivity contribution >= 4 is 21.4 Å². The lowest BCUT2D eigenvalue weighted by atomic mass is 9.94. The summed E-state index contributed by atoms with van der Waals surface area (Å²) in [5.74, 6) is -0.0592. The molecule has 1 aliphatic rings. The molecule has 2 rings (SSSR count). The van der Waals surface area contributed by atoms with Crippen LogP contribution in [-0.2, 0) is 14.6 Å². The van der Waals surface area contributed by atoms with Crippen molar-refractivity contribution in [2.24, 2.45) is 5.41 Å². The van der Waals surface area contributed by atoms with Crippen LogP contribution >= 0.6 is 0 Å². The van der Waals surface area contributed by atoms with Gasteiger partial charge in [-0.05, 0) is 12.1 Å². The molecule has 98 valence electrons. The lowest BCUT2D eigenvalue weighted by Crippen LogP contribution is -2.45. The Kier molecular flexibility index (Phi) is 2.97. The van der Waals surface area contributed by atoms with Gasteiger partial charge in [0.15, 0.2) is 9.84 Å². The summed E-state index contributed by atoms with van der Waals surface area (Å²) < 4.78 is 23.9. The van der Waals surface area contributed by atoms with E-state index in [0.29, 0.717) is 5.69 Å². The Morgan fingerprint density at radius 1 is 1.22 bits per heavy atom. The minimum Gasteiger partial charge on any atom is -0.310 e. The second-order valence-corrected chi connectivity index (χ2v) is 7.57. The molecule has 0 unspecified atom stereocenters. The summed E-state index contributed by atoms with van der Waals surface area (Å²) >= 11 is 0. The molecule has 0 saturated carbocycles. The smallest absolute Gasteiger partial charge is 0.232 e. The van der Waals surface area contributed by atoms with Gasteiger partial charge >= 0.3 is 0 Å². The largest absolute Gasteiger partial charge is 0.310 e. The second kappa shape index (κ2) is 4.09. The number of nitrogens with zero attached hydrogens (tertiary/aromatic N) is 1. The van der Waals surface area contributed by atoms with Gasteiger partial charge in [0, 0.05) is 12.0 Å². The number of benzene rings is 1. The molecule has 0 fully saturated rings. The molecule has 0 atom stereocenters. The first-order chi connectivity index (χ1) is 8.23. The van der Waals surface area contributed by atoms with Crippen LogP contribution in [0.5, 0.6) is 0 Å². The predicted octanol–water partition coefficient (Wildman–Crippen LogP) is 1.85. The molecule has 0 N–H and O–H groups in total. The van der Waals surface area contributed by atoms with E-state index in [9.17, 15) is 13.2 Å². The highest BCUT2D eigenvalue weighted by atomic mass is 32.2. The molecule has 0 aliphatic carbocycles. The quantitative estimate of drug-likeness (QED) is 0.721. The molecule has 0 bridgehead atoms. The van der Waals surface area contributed by atoms with Crippen molar-refractivity contribution in [3.05, 3.63) is 24.3 Å². The lowest BCUT2D eigenvalue weighted by molar-refractivity contribution is -0.125. The summed E-state index contributed by atoms with van der Waals surface area (Å²) in [6, 6.07) is 6.69. The predicted molar refractivity (Wildman–Crippen MR) is 70.3 cm³/mol. The first-order valence-corrected chi connectivity index (χ1v) is 7.52. The Balaban J connectivity index is 2.53. The zero-order chi connectivity index (χ0) is 13.6.